The van der Waals surface area contributed by atoms with Crippen LogP contribution in [0.15, 0.2) is 27.1 Å². The zero-order valence-electron chi connectivity index (χ0n) is 11.3. The van der Waals surface area contributed by atoms with Gasteiger partial charge in [0.15, 0.2) is 5.92 Å². The van der Waals surface area contributed by atoms with Crippen molar-refractivity contribution in [1.82, 2.24) is 0 Å². The van der Waals surface area contributed by atoms with E-state index in [-0.39, 0.29) is 19.6 Å². The molecule has 0 aliphatic rings. The van der Waals surface area contributed by atoms with E-state index in [2.05, 4.69) is 31.9 Å². The van der Waals surface area contributed by atoms with Crippen molar-refractivity contribution in [1.29, 1.82) is 0 Å². The lowest BCUT2D eigenvalue weighted by Gasteiger charge is -2.16. The van der Waals surface area contributed by atoms with Crippen molar-refractivity contribution in [3.63, 3.8) is 0 Å². The van der Waals surface area contributed by atoms with E-state index in [9.17, 15) is 9.59 Å². The smallest absolute Gasteiger partial charge is 0.320 e. The van der Waals surface area contributed by atoms with Crippen LogP contribution in [-0.4, -0.2) is 25.2 Å². The molecule has 0 bridgehead atoms. The lowest BCUT2D eigenvalue weighted by atomic mass is 9.99. The molecule has 0 saturated carbocycles. The SMILES string of the molecule is CCOC(=O)C(Cc1c(Br)cccc1Br)C(=O)OCC. The second kappa shape index (κ2) is 8.42. The molecule has 1 aromatic rings. The second-order valence-corrected chi connectivity index (χ2v) is 5.67. The van der Waals surface area contributed by atoms with E-state index in [1.165, 1.54) is 0 Å². The fraction of sp³-hybridized carbons (Fsp3) is 0.429. The zero-order valence-corrected chi connectivity index (χ0v) is 14.5. The molecule has 0 aliphatic heterocycles. The summed E-state index contributed by atoms with van der Waals surface area (Å²) in [6.45, 7) is 3.86. The number of hydrogen-bond acceptors (Lipinski definition) is 4. The van der Waals surface area contributed by atoms with Crippen molar-refractivity contribution in [2.24, 2.45) is 5.92 Å². The molecule has 1 rings (SSSR count). The Morgan fingerprint density at radius 2 is 1.50 bits per heavy atom. The summed E-state index contributed by atoms with van der Waals surface area (Å²) in [7, 11) is 0. The number of esters is 2. The number of carbonyl (C=O) groups excluding carboxylic acids is 2. The van der Waals surface area contributed by atoms with Crippen molar-refractivity contribution in [3.05, 3.63) is 32.7 Å². The molecule has 0 radical (unpaired) electrons. The number of hydrogen-bond donors (Lipinski definition) is 0. The number of ether oxygens (including phenoxy) is 2. The Kier molecular flexibility index (Phi) is 7.23. The Labute approximate surface area is 135 Å². The molecule has 20 heavy (non-hydrogen) atoms. The average Bonchev–Trinajstić information content (AvgIpc) is 2.38. The maximum atomic E-state index is 11.9. The molecular weight excluding hydrogens is 392 g/mol. The first-order valence-electron chi connectivity index (χ1n) is 6.27. The lowest BCUT2D eigenvalue weighted by Crippen LogP contribution is -2.30. The molecule has 0 amide bonds. The summed E-state index contributed by atoms with van der Waals surface area (Å²) in [5.41, 5.74) is 0.832. The van der Waals surface area contributed by atoms with Gasteiger partial charge in [-0.3, -0.25) is 9.59 Å². The Bertz CT molecular complexity index is 450. The van der Waals surface area contributed by atoms with Crippen molar-refractivity contribution in [2.45, 2.75) is 20.3 Å². The maximum Gasteiger partial charge on any atom is 0.320 e. The van der Waals surface area contributed by atoms with E-state index in [1.807, 2.05) is 18.2 Å². The van der Waals surface area contributed by atoms with Gasteiger partial charge in [0.2, 0.25) is 0 Å². The van der Waals surface area contributed by atoms with Gasteiger partial charge in [0, 0.05) is 8.95 Å². The standard InChI is InChI=1S/C14H16Br2O4/c1-3-19-13(17)10(14(18)20-4-2)8-9-11(15)6-5-7-12(9)16/h5-7,10H,3-4,8H2,1-2H3. The fourth-order valence-electron chi connectivity index (χ4n) is 1.68. The number of benzene rings is 1. The van der Waals surface area contributed by atoms with E-state index < -0.39 is 17.9 Å². The predicted octanol–water partition coefficient (Wildman–Crippen LogP) is 3.50. The summed E-state index contributed by atoms with van der Waals surface area (Å²) >= 11 is 6.84. The van der Waals surface area contributed by atoms with Gasteiger partial charge in [0.25, 0.3) is 0 Å². The van der Waals surface area contributed by atoms with Crippen LogP contribution in [0.5, 0.6) is 0 Å². The minimum atomic E-state index is -0.954. The van der Waals surface area contributed by atoms with Gasteiger partial charge in [-0.1, -0.05) is 37.9 Å². The normalized spacial score (nSPS) is 10.4. The molecule has 0 N–H and O–H groups in total. The third-order valence-electron chi connectivity index (χ3n) is 2.61. The van der Waals surface area contributed by atoms with Gasteiger partial charge in [-0.25, -0.2) is 0 Å². The van der Waals surface area contributed by atoms with Crippen molar-refractivity contribution in [2.75, 3.05) is 13.2 Å². The molecule has 1 aromatic carbocycles. The van der Waals surface area contributed by atoms with Crippen molar-refractivity contribution >= 4 is 43.8 Å². The van der Waals surface area contributed by atoms with Gasteiger partial charge in [-0.15, -0.1) is 0 Å². The van der Waals surface area contributed by atoms with Crippen LogP contribution in [0.1, 0.15) is 19.4 Å². The third kappa shape index (κ3) is 4.59. The van der Waals surface area contributed by atoms with Gasteiger partial charge in [0.05, 0.1) is 13.2 Å². The van der Waals surface area contributed by atoms with Gasteiger partial charge < -0.3 is 9.47 Å². The highest BCUT2D eigenvalue weighted by atomic mass is 79.9. The van der Waals surface area contributed by atoms with E-state index >= 15 is 0 Å². The van der Waals surface area contributed by atoms with Gasteiger partial charge in [-0.2, -0.15) is 0 Å². The average molecular weight is 408 g/mol. The molecule has 0 atom stereocenters. The highest BCUT2D eigenvalue weighted by Gasteiger charge is 2.31. The first-order valence-corrected chi connectivity index (χ1v) is 7.86. The Morgan fingerprint density at radius 1 is 1.05 bits per heavy atom. The van der Waals surface area contributed by atoms with Gasteiger partial charge >= 0.3 is 11.9 Å². The molecule has 4 nitrogen and oxygen atoms in total. The second-order valence-electron chi connectivity index (χ2n) is 3.96. The molecule has 0 heterocycles. The van der Waals surface area contributed by atoms with Crippen LogP contribution in [0.2, 0.25) is 0 Å². The Balaban J connectivity index is 3.00. The fourth-order valence-corrected chi connectivity index (χ4v) is 3.00. The topological polar surface area (TPSA) is 52.6 Å². The van der Waals surface area contributed by atoms with Crippen LogP contribution >= 0.6 is 31.9 Å². The van der Waals surface area contributed by atoms with Crippen molar-refractivity contribution < 1.29 is 19.1 Å². The lowest BCUT2D eigenvalue weighted by molar-refractivity contribution is -0.161. The molecule has 0 aromatic heterocycles. The van der Waals surface area contributed by atoms with Crippen LogP contribution in [0.3, 0.4) is 0 Å². The first-order chi connectivity index (χ1) is 9.51. The van der Waals surface area contributed by atoms with E-state index in [4.69, 9.17) is 9.47 Å². The first kappa shape index (κ1) is 17.2. The minimum Gasteiger partial charge on any atom is -0.465 e. The summed E-state index contributed by atoms with van der Waals surface area (Å²) in [5, 5.41) is 0. The largest absolute Gasteiger partial charge is 0.465 e. The highest BCUT2D eigenvalue weighted by Crippen LogP contribution is 2.28. The van der Waals surface area contributed by atoms with E-state index in [0.717, 1.165) is 14.5 Å². The highest BCUT2D eigenvalue weighted by molar-refractivity contribution is 9.11. The maximum absolute atomic E-state index is 11.9. The zero-order chi connectivity index (χ0) is 15.1. The molecule has 110 valence electrons. The number of rotatable bonds is 6. The molecule has 0 saturated heterocycles. The molecule has 0 unspecified atom stereocenters. The summed E-state index contributed by atoms with van der Waals surface area (Å²) in [6, 6.07) is 5.57. The van der Waals surface area contributed by atoms with Crippen molar-refractivity contribution in [3.8, 4) is 0 Å². The van der Waals surface area contributed by atoms with Crippen LogP contribution in [0, 0.1) is 5.92 Å². The monoisotopic (exact) mass is 406 g/mol. The van der Waals surface area contributed by atoms with Crippen LogP contribution in [0.25, 0.3) is 0 Å². The Hall–Kier alpha value is -0.880. The summed E-state index contributed by atoms with van der Waals surface area (Å²) in [6.07, 6.45) is 0.222. The summed E-state index contributed by atoms with van der Waals surface area (Å²) < 4.78 is 11.6. The molecular formula is C14H16Br2O4. The molecule has 6 heteroatoms. The quantitative estimate of drug-likeness (QED) is 0.535. The van der Waals surface area contributed by atoms with Crippen LogP contribution in [-0.2, 0) is 25.5 Å². The molecule has 0 fully saturated rings. The number of halogens is 2. The summed E-state index contributed by atoms with van der Waals surface area (Å²) in [4.78, 5) is 23.9. The number of carbonyl (C=O) groups is 2. The minimum absolute atomic E-state index is 0.222. The molecule has 0 spiro atoms. The van der Waals surface area contributed by atoms with E-state index in [1.54, 1.807) is 13.8 Å². The Morgan fingerprint density at radius 3 is 1.90 bits per heavy atom. The summed E-state index contributed by atoms with van der Waals surface area (Å²) in [5.74, 6) is -2.08. The predicted molar refractivity (Wildman–Crippen MR) is 82.3 cm³/mol. The van der Waals surface area contributed by atoms with Crippen LogP contribution in [0.4, 0.5) is 0 Å². The van der Waals surface area contributed by atoms with Gasteiger partial charge in [0.1, 0.15) is 0 Å². The van der Waals surface area contributed by atoms with Crippen LogP contribution < -0.4 is 0 Å². The van der Waals surface area contributed by atoms with E-state index in [0.29, 0.717) is 0 Å². The third-order valence-corrected chi connectivity index (χ3v) is 4.10. The van der Waals surface area contributed by atoms with Gasteiger partial charge in [-0.05, 0) is 38.0 Å². The molecule has 0 aliphatic carbocycles.